The van der Waals surface area contributed by atoms with E-state index in [2.05, 4.69) is 4.98 Å². The average molecular weight is 342 g/mol. The first-order chi connectivity index (χ1) is 12.2. The quantitative estimate of drug-likeness (QED) is 0.682. The van der Waals surface area contributed by atoms with Gasteiger partial charge in [0.25, 0.3) is 0 Å². The maximum Gasteiger partial charge on any atom is 0.164 e. The van der Waals surface area contributed by atoms with E-state index >= 15 is 0 Å². The standard InChI is InChI=1S/C20H23FN2O2/c1-3-25-20-13(5-4-6-19(20)24-2)9-14(11-22)17-12-23-18-8-7-15(21)10-16(17)18/h4-8,10,12,14,23H,3,9,11,22H2,1-2H3. The second-order valence-electron chi connectivity index (χ2n) is 5.95. The number of para-hydroxylation sites is 1. The Morgan fingerprint density at radius 3 is 2.80 bits per heavy atom. The Balaban J connectivity index is 1.98. The summed E-state index contributed by atoms with van der Waals surface area (Å²) in [5, 5.41) is 0.872. The van der Waals surface area contributed by atoms with Gasteiger partial charge in [0.1, 0.15) is 5.82 Å². The van der Waals surface area contributed by atoms with E-state index in [4.69, 9.17) is 15.2 Å². The molecule has 0 aliphatic heterocycles. The van der Waals surface area contributed by atoms with Crippen molar-refractivity contribution in [1.29, 1.82) is 0 Å². The van der Waals surface area contributed by atoms with Gasteiger partial charge in [-0.1, -0.05) is 12.1 Å². The normalized spacial score (nSPS) is 12.3. The highest BCUT2D eigenvalue weighted by Crippen LogP contribution is 2.35. The molecule has 3 rings (SSSR count). The van der Waals surface area contributed by atoms with E-state index in [1.165, 1.54) is 6.07 Å². The van der Waals surface area contributed by atoms with Crippen LogP contribution in [0, 0.1) is 5.82 Å². The summed E-state index contributed by atoms with van der Waals surface area (Å²) >= 11 is 0. The number of H-pyrrole nitrogens is 1. The molecule has 132 valence electrons. The van der Waals surface area contributed by atoms with Crippen LogP contribution in [0.25, 0.3) is 10.9 Å². The van der Waals surface area contributed by atoms with Gasteiger partial charge in [0.05, 0.1) is 13.7 Å². The number of methoxy groups -OCH3 is 1. The second-order valence-corrected chi connectivity index (χ2v) is 5.95. The topological polar surface area (TPSA) is 60.3 Å². The number of benzene rings is 2. The molecule has 0 saturated carbocycles. The van der Waals surface area contributed by atoms with Crippen molar-refractivity contribution in [3.05, 3.63) is 59.5 Å². The third-order valence-electron chi connectivity index (χ3n) is 4.44. The van der Waals surface area contributed by atoms with Crippen molar-refractivity contribution in [1.82, 2.24) is 4.98 Å². The molecule has 4 nitrogen and oxygen atoms in total. The second kappa shape index (κ2) is 7.57. The highest BCUT2D eigenvalue weighted by molar-refractivity contribution is 5.83. The summed E-state index contributed by atoms with van der Waals surface area (Å²) in [5.41, 5.74) is 9.01. The number of nitrogens with two attached hydrogens (primary N) is 1. The number of rotatable bonds is 7. The molecule has 0 amide bonds. The van der Waals surface area contributed by atoms with Crippen molar-refractivity contribution in [2.45, 2.75) is 19.3 Å². The summed E-state index contributed by atoms with van der Waals surface area (Å²) in [7, 11) is 1.63. The van der Waals surface area contributed by atoms with Gasteiger partial charge in [0.2, 0.25) is 0 Å². The van der Waals surface area contributed by atoms with Crippen molar-refractivity contribution >= 4 is 10.9 Å². The van der Waals surface area contributed by atoms with Crippen LogP contribution in [0.1, 0.15) is 24.0 Å². The number of fused-ring (bicyclic) bond motifs is 1. The van der Waals surface area contributed by atoms with Gasteiger partial charge in [0.15, 0.2) is 11.5 Å². The zero-order valence-electron chi connectivity index (χ0n) is 14.5. The van der Waals surface area contributed by atoms with Crippen LogP contribution >= 0.6 is 0 Å². The van der Waals surface area contributed by atoms with Gasteiger partial charge in [-0.15, -0.1) is 0 Å². The molecular weight excluding hydrogens is 319 g/mol. The Bertz CT molecular complexity index is 860. The van der Waals surface area contributed by atoms with Gasteiger partial charge < -0.3 is 20.2 Å². The molecular formula is C20H23FN2O2. The zero-order chi connectivity index (χ0) is 17.8. The van der Waals surface area contributed by atoms with Crippen LogP contribution in [-0.2, 0) is 6.42 Å². The molecule has 0 radical (unpaired) electrons. The summed E-state index contributed by atoms with van der Waals surface area (Å²) in [5.74, 6) is 1.25. The molecule has 0 aliphatic carbocycles. The number of ether oxygens (including phenoxy) is 2. The number of hydrogen-bond acceptors (Lipinski definition) is 3. The molecule has 1 heterocycles. The van der Waals surface area contributed by atoms with Crippen molar-refractivity contribution in [3.63, 3.8) is 0 Å². The van der Waals surface area contributed by atoms with Crippen molar-refractivity contribution < 1.29 is 13.9 Å². The Hall–Kier alpha value is -2.53. The Morgan fingerprint density at radius 2 is 2.08 bits per heavy atom. The lowest BCUT2D eigenvalue weighted by Gasteiger charge is -2.19. The predicted molar refractivity (Wildman–Crippen MR) is 97.9 cm³/mol. The number of halogens is 1. The van der Waals surface area contributed by atoms with Gasteiger partial charge in [0, 0.05) is 23.0 Å². The van der Waals surface area contributed by atoms with Crippen LogP contribution in [0.2, 0.25) is 0 Å². The zero-order valence-corrected chi connectivity index (χ0v) is 14.5. The van der Waals surface area contributed by atoms with E-state index in [-0.39, 0.29) is 11.7 Å². The summed E-state index contributed by atoms with van der Waals surface area (Å²) in [6.45, 7) is 2.95. The van der Waals surface area contributed by atoms with Crippen molar-refractivity contribution in [2.24, 2.45) is 5.73 Å². The fourth-order valence-corrected chi connectivity index (χ4v) is 3.23. The highest BCUT2D eigenvalue weighted by atomic mass is 19.1. The first-order valence-electron chi connectivity index (χ1n) is 8.43. The SMILES string of the molecule is CCOc1c(CC(CN)c2c[nH]c3ccc(F)cc23)cccc1OC. The molecule has 1 aromatic heterocycles. The minimum absolute atomic E-state index is 0.0434. The lowest BCUT2D eigenvalue weighted by Crippen LogP contribution is -2.15. The fraction of sp³-hybridized carbons (Fsp3) is 0.300. The van der Waals surface area contributed by atoms with E-state index in [9.17, 15) is 4.39 Å². The average Bonchev–Trinajstić information content (AvgIpc) is 3.03. The summed E-state index contributed by atoms with van der Waals surface area (Å²) in [6.07, 6.45) is 2.61. The lowest BCUT2D eigenvalue weighted by molar-refractivity contribution is 0.307. The number of aromatic amines is 1. The van der Waals surface area contributed by atoms with E-state index in [0.29, 0.717) is 25.3 Å². The van der Waals surface area contributed by atoms with Crippen LogP contribution in [0.15, 0.2) is 42.6 Å². The molecule has 0 bridgehead atoms. The molecule has 0 aliphatic rings. The molecule has 5 heteroatoms. The molecule has 0 fully saturated rings. The molecule has 0 spiro atoms. The first-order valence-corrected chi connectivity index (χ1v) is 8.43. The third kappa shape index (κ3) is 3.46. The predicted octanol–water partition coefficient (Wildman–Crippen LogP) is 4.00. The van der Waals surface area contributed by atoms with Gasteiger partial charge in [-0.05, 0) is 55.3 Å². The maximum atomic E-state index is 13.7. The first kappa shape index (κ1) is 17.3. The molecule has 3 aromatic rings. The van der Waals surface area contributed by atoms with Crippen LogP contribution in [0.5, 0.6) is 11.5 Å². The Labute approximate surface area is 146 Å². The van der Waals surface area contributed by atoms with Crippen molar-refractivity contribution in [3.8, 4) is 11.5 Å². The molecule has 2 aromatic carbocycles. The number of hydrogen-bond donors (Lipinski definition) is 2. The highest BCUT2D eigenvalue weighted by Gasteiger charge is 2.19. The van der Waals surface area contributed by atoms with E-state index in [1.54, 1.807) is 19.2 Å². The Kier molecular flexibility index (Phi) is 5.24. The largest absolute Gasteiger partial charge is 0.493 e. The van der Waals surface area contributed by atoms with E-state index < -0.39 is 0 Å². The minimum Gasteiger partial charge on any atom is -0.493 e. The molecule has 1 unspecified atom stereocenters. The van der Waals surface area contributed by atoms with Crippen LogP contribution < -0.4 is 15.2 Å². The van der Waals surface area contributed by atoms with E-state index in [1.807, 2.05) is 31.3 Å². The van der Waals surface area contributed by atoms with Gasteiger partial charge >= 0.3 is 0 Å². The van der Waals surface area contributed by atoms with Gasteiger partial charge in [-0.2, -0.15) is 0 Å². The smallest absolute Gasteiger partial charge is 0.164 e. The third-order valence-corrected chi connectivity index (χ3v) is 4.44. The Morgan fingerprint density at radius 1 is 1.24 bits per heavy atom. The molecule has 3 N–H and O–H groups in total. The molecule has 1 atom stereocenters. The fourth-order valence-electron chi connectivity index (χ4n) is 3.23. The molecule has 0 saturated heterocycles. The number of aromatic nitrogens is 1. The molecule has 25 heavy (non-hydrogen) atoms. The van der Waals surface area contributed by atoms with Crippen molar-refractivity contribution in [2.75, 3.05) is 20.3 Å². The monoisotopic (exact) mass is 342 g/mol. The lowest BCUT2D eigenvalue weighted by atomic mass is 9.91. The van der Waals surface area contributed by atoms with Crippen LogP contribution in [0.3, 0.4) is 0 Å². The minimum atomic E-state index is -0.250. The van der Waals surface area contributed by atoms with Gasteiger partial charge in [-0.25, -0.2) is 4.39 Å². The summed E-state index contributed by atoms with van der Waals surface area (Å²) in [6, 6.07) is 10.6. The van der Waals surface area contributed by atoms with E-state index in [0.717, 1.165) is 27.8 Å². The number of nitrogens with one attached hydrogen (secondary N) is 1. The summed E-state index contributed by atoms with van der Waals surface area (Å²) < 4.78 is 24.9. The van der Waals surface area contributed by atoms with Gasteiger partial charge in [-0.3, -0.25) is 0 Å². The maximum absolute atomic E-state index is 13.7. The van der Waals surface area contributed by atoms with Crippen LogP contribution in [0.4, 0.5) is 4.39 Å². The summed E-state index contributed by atoms with van der Waals surface area (Å²) in [4.78, 5) is 3.20. The van der Waals surface area contributed by atoms with Crippen LogP contribution in [-0.4, -0.2) is 25.2 Å².